The molecule has 0 aliphatic rings. The lowest BCUT2D eigenvalue weighted by atomic mass is 10.2. The molecular weight excluding hydrogens is 274 g/mol. The molecular formula is C10H10BrN3O2. The number of carbonyl (C=O) groups is 1. The van der Waals surface area contributed by atoms with Crippen molar-refractivity contribution in [2.75, 3.05) is 0 Å². The van der Waals surface area contributed by atoms with E-state index in [0.29, 0.717) is 18.5 Å². The average Bonchev–Trinajstić information content (AvgIpc) is 2.58. The first-order valence-electron chi connectivity index (χ1n) is 4.87. The van der Waals surface area contributed by atoms with Gasteiger partial charge in [-0.3, -0.25) is 4.79 Å². The summed E-state index contributed by atoms with van der Waals surface area (Å²) < 4.78 is 0.890. The molecule has 0 aromatic carbocycles. The maximum absolute atomic E-state index is 10.4. The number of aromatic amines is 1. The summed E-state index contributed by atoms with van der Waals surface area (Å²) in [6, 6.07) is 1.90. The van der Waals surface area contributed by atoms with Gasteiger partial charge >= 0.3 is 5.97 Å². The number of hydrogen-bond donors (Lipinski definition) is 2. The second-order valence-corrected chi connectivity index (χ2v) is 4.37. The van der Waals surface area contributed by atoms with Crippen LogP contribution in [-0.2, 0) is 11.2 Å². The van der Waals surface area contributed by atoms with Crippen LogP contribution in [0, 0.1) is 0 Å². The molecule has 0 bridgehead atoms. The van der Waals surface area contributed by atoms with Crippen molar-refractivity contribution in [3.8, 4) is 0 Å². The van der Waals surface area contributed by atoms with Crippen molar-refractivity contribution in [2.45, 2.75) is 19.3 Å². The van der Waals surface area contributed by atoms with Crippen LogP contribution in [0.15, 0.2) is 16.7 Å². The number of nitrogens with zero attached hydrogens (tertiary/aromatic N) is 2. The number of carboxylic acids is 1. The van der Waals surface area contributed by atoms with Crippen LogP contribution in [-0.4, -0.2) is 26.0 Å². The Hall–Kier alpha value is -1.43. The maximum atomic E-state index is 10.4. The van der Waals surface area contributed by atoms with Gasteiger partial charge in [0.25, 0.3) is 0 Å². The number of imidazole rings is 1. The molecule has 0 aliphatic carbocycles. The Labute approximate surface area is 100 Å². The minimum absolute atomic E-state index is 0.161. The molecule has 2 aromatic heterocycles. The number of hydrogen-bond acceptors (Lipinski definition) is 3. The zero-order valence-corrected chi connectivity index (χ0v) is 9.99. The molecule has 84 valence electrons. The molecule has 0 spiro atoms. The molecule has 5 nitrogen and oxygen atoms in total. The summed E-state index contributed by atoms with van der Waals surface area (Å²) in [6.45, 7) is 0. The van der Waals surface area contributed by atoms with Crippen molar-refractivity contribution in [3.05, 3.63) is 22.6 Å². The predicted molar refractivity (Wildman–Crippen MR) is 62.2 cm³/mol. The highest BCUT2D eigenvalue weighted by molar-refractivity contribution is 9.10. The van der Waals surface area contributed by atoms with Crippen LogP contribution < -0.4 is 0 Å². The third-order valence-corrected chi connectivity index (χ3v) is 2.59. The van der Waals surface area contributed by atoms with Crippen LogP contribution >= 0.6 is 15.9 Å². The van der Waals surface area contributed by atoms with Crippen LogP contribution in [0.5, 0.6) is 0 Å². The summed E-state index contributed by atoms with van der Waals surface area (Å²) in [5.41, 5.74) is 1.52. The fourth-order valence-corrected chi connectivity index (χ4v) is 1.78. The molecule has 0 radical (unpaired) electrons. The maximum Gasteiger partial charge on any atom is 0.303 e. The lowest BCUT2D eigenvalue weighted by Gasteiger charge is -1.92. The van der Waals surface area contributed by atoms with Gasteiger partial charge in [0.15, 0.2) is 5.65 Å². The van der Waals surface area contributed by atoms with Crippen LogP contribution in [0.3, 0.4) is 0 Å². The standard InChI is InChI=1S/C10H10BrN3O2/c11-6-4-7-10(12-5-6)14-8(13-7)2-1-3-9(15)16/h4-5H,1-3H2,(H,15,16)(H,12,13,14). The highest BCUT2D eigenvalue weighted by atomic mass is 79.9. The first-order chi connectivity index (χ1) is 7.65. The molecule has 0 aliphatic heterocycles. The lowest BCUT2D eigenvalue weighted by Crippen LogP contribution is -1.96. The van der Waals surface area contributed by atoms with E-state index >= 15 is 0 Å². The quantitative estimate of drug-likeness (QED) is 0.901. The molecule has 16 heavy (non-hydrogen) atoms. The van der Waals surface area contributed by atoms with Crippen molar-refractivity contribution >= 4 is 33.1 Å². The molecule has 0 unspecified atom stereocenters. The third-order valence-electron chi connectivity index (χ3n) is 2.16. The minimum Gasteiger partial charge on any atom is -0.481 e. The van der Waals surface area contributed by atoms with Crippen molar-refractivity contribution in [1.82, 2.24) is 15.0 Å². The summed E-state index contributed by atoms with van der Waals surface area (Å²) >= 11 is 3.33. The Morgan fingerprint density at radius 1 is 1.56 bits per heavy atom. The van der Waals surface area contributed by atoms with Gasteiger partial charge in [-0.1, -0.05) is 0 Å². The van der Waals surface area contributed by atoms with Gasteiger partial charge in [0.2, 0.25) is 0 Å². The number of carboxylic acid groups (broad SMARTS) is 1. The molecule has 0 atom stereocenters. The number of aliphatic carboxylic acids is 1. The topological polar surface area (TPSA) is 78.9 Å². The molecule has 0 saturated heterocycles. The van der Waals surface area contributed by atoms with Gasteiger partial charge in [-0.2, -0.15) is 0 Å². The first kappa shape index (κ1) is 11.1. The Kier molecular flexibility index (Phi) is 3.19. The Morgan fingerprint density at radius 3 is 3.12 bits per heavy atom. The summed E-state index contributed by atoms with van der Waals surface area (Å²) in [5, 5.41) is 8.52. The molecule has 6 heteroatoms. The molecule has 2 rings (SSSR count). The second kappa shape index (κ2) is 4.61. The number of pyridine rings is 1. The fraction of sp³-hybridized carbons (Fsp3) is 0.300. The largest absolute Gasteiger partial charge is 0.481 e. The van der Waals surface area contributed by atoms with Crippen molar-refractivity contribution in [3.63, 3.8) is 0 Å². The highest BCUT2D eigenvalue weighted by Gasteiger charge is 2.05. The third kappa shape index (κ3) is 2.57. The van der Waals surface area contributed by atoms with Crippen molar-refractivity contribution in [2.24, 2.45) is 0 Å². The number of fused-ring (bicyclic) bond motifs is 1. The van der Waals surface area contributed by atoms with Crippen molar-refractivity contribution in [1.29, 1.82) is 0 Å². The smallest absolute Gasteiger partial charge is 0.303 e. The number of rotatable bonds is 4. The minimum atomic E-state index is -0.781. The fourth-order valence-electron chi connectivity index (χ4n) is 1.45. The molecule has 2 N–H and O–H groups in total. The zero-order valence-electron chi connectivity index (χ0n) is 8.40. The zero-order chi connectivity index (χ0) is 11.5. The number of nitrogens with one attached hydrogen (secondary N) is 1. The molecule has 2 heterocycles. The van der Waals surface area contributed by atoms with Crippen LogP contribution in [0.25, 0.3) is 11.2 Å². The van der Waals surface area contributed by atoms with E-state index in [1.165, 1.54) is 0 Å². The van der Waals surface area contributed by atoms with E-state index in [2.05, 4.69) is 30.9 Å². The van der Waals surface area contributed by atoms with Crippen LogP contribution in [0.4, 0.5) is 0 Å². The van der Waals surface area contributed by atoms with Gasteiger partial charge < -0.3 is 10.1 Å². The van der Waals surface area contributed by atoms with E-state index in [-0.39, 0.29) is 6.42 Å². The highest BCUT2D eigenvalue weighted by Crippen LogP contribution is 2.15. The second-order valence-electron chi connectivity index (χ2n) is 3.46. The van der Waals surface area contributed by atoms with Gasteiger partial charge in [0, 0.05) is 23.5 Å². The SMILES string of the molecule is O=C(O)CCCc1nc2ncc(Br)cc2[nH]1. The van der Waals surface area contributed by atoms with Gasteiger partial charge in [-0.15, -0.1) is 0 Å². The lowest BCUT2D eigenvalue weighted by molar-refractivity contribution is -0.137. The average molecular weight is 284 g/mol. The number of H-pyrrole nitrogens is 1. The van der Waals surface area contributed by atoms with E-state index in [1.54, 1.807) is 6.20 Å². The van der Waals surface area contributed by atoms with Crippen LogP contribution in [0.1, 0.15) is 18.7 Å². The van der Waals surface area contributed by atoms with Gasteiger partial charge in [0.05, 0.1) is 5.52 Å². The Bertz CT molecular complexity index is 524. The number of aromatic nitrogens is 3. The summed E-state index contributed by atoms with van der Waals surface area (Å²) in [4.78, 5) is 21.9. The molecule has 2 aromatic rings. The van der Waals surface area contributed by atoms with E-state index in [0.717, 1.165) is 15.8 Å². The number of halogens is 1. The van der Waals surface area contributed by atoms with Gasteiger partial charge in [-0.25, -0.2) is 9.97 Å². The van der Waals surface area contributed by atoms with E-state index in [4.69, 9.17) is 5.11 Å². The monoisotopic (exact) mass is 283 g/mol. The van der Waals surface area contributed by atoms with Gasteiger partial charge in [0.1, 0.15) is 5.82 Å². The molecule has 0 saturated carbocycles. The van der Waals surface area contributed by atoms with Gasteiger partial charge in [-0.05, 0) is 28.4 Å². The summed E-state index contributed by atoms with van der Waals surface area (Å²) in [6.07, 6.45) is 3.05. The van der Waals surface area contributed by atoms with E-state index in [9.17, 15) is 4.79 Å². The Balaban J connectivity index is 2.10. The van der Waals surface area contributed by atoms with Crippen molar-refractivity contribution < 1.29 is 9.90 Å². The Morgan fingerprint density at radius 2 is 2.38 bits per heavy atom. The predicted octanol–water partition coefficient (Wildman–Crippen LogP) is 2.13. The van der Waals surface area contributed by atoms with E-state index in [1.807, 2.05) is 6.07 Å². The number of aryl methyl sites for hydroxylation is 1. The van der Waals surface area contributed by atoms with Crippen LogP contribution in [0.2, 0.25) is 0 Å². The van der Waals surface area contributed by atoms with E-state index < -0.39 is 5.97 Å². The molecule has 0 amide bonds. The summed E-state index contributed by atoms with van der Waals surface area (Å²) in [5.74, 6) is -0.00108. The first-order valence-corrected chi connectivity index (χ1v) is 5.66. The normalized spacial score (nSPS) is 10.8. The summed E-state index contributed by atoms with van der Waals surface area (Å²) in [7, 11) is 0. The molecule has 0 fully saturated rings.